The highest BCUT2D eigenvalue weighted by atomic mass is 79.9. The van der Waals surface area contributed by atoms with E-state index >= 15 is 0 Å². The lowest BCUT2D eigenvalue weighted by molar-refractivity contribution is -0.132. The van der Waals surface area contributed by atoms with Crippen LogP contribution in [-0.2, 0) is 19.6 Å². The number of fused-ring (bicyclic) bond motifs is 1. The van der Waals surface area contributed by atoms with Gasteiger partial charge in [-0.25, -0.2) is 8.42 Å². The number of carbonyl (C=O) groups excluding carboxylic acids is 2. The number of hydrogen-bond donors (Lipinski definition) is 3. The van der Waals surface area contributed by atoms with Crippen molar-refractivity contribution in [3.05, 3.63) is 28.4 Å². The van der Waals surface area contributed by atoms with E-state index < -0.39 is 27.9 Å². The first-order chi connectivity index (χ1) is 11.7. The van der Waals surface area contributed by atoms with Gasteiger partial charge in [-0.1, -0.05) is 15.9 Å². The minimum absolute atomic E-state index is 0.0186. The number of halogens is 1. The molecule has 1 aromatic heterocycles. The lowest BCUT2D eigenvalue weighted by Gasteiger charge is -2.30. The molecule has 0 radical (unpaired) electrons. The van der Waals surface area contributed by atoms with Crippen LogP contribution in [0.1, 0.15) is 10.5 Å². The van der Waals surface area contributed by atoms with Crippen LogP contribution in [0.2, 0.25) is 0 Å². The number of sulfonamides is 1. The third-order valence-corrected chi connectivity index (χ3v) is 6.35. The molecule has 3 rings (SSSR count). The second-order valence-electron chi connectivity index (χ2n) is 5.51. The molecule has 1 aliphatic rings. The number of H-pyrrole nitrogens is 1. The standard InChI is InChI=1S/C14H15BrN4O5S/c15-7-1-2-9-8(5-7)12(11(18-9)14(17)21)25(22,23)19-3-4-24-10(6-19)13(16)20/h1-2,5,10,18H,3-4,6H2,(H2,16,20)(H2,17,21). The number of primary amides is 2. The smallest absolute Gasteiger partial charge is 0.266 e. The zero-order valence-corrected chi connectivity index (χ0v) is 15.3. The number of nitrogens with one attached hydrogen (secondary N) is 1. The topological polar surface area (TPSA) is 149 Å². The molecule has 1 fully saturated rings. The van der Waals surface area contributed by atoms with Crippen LogP contribution in [0.4, 0.5) is 0 Å². The molecule has 5 N–H and O–H groups in total. The van der Waals surface area contributed by atoms with Crippen LogP contribution in [0.3, 0.4) is 0 Å². The summed E-state index contributed by atoms with van der Waals surface area (Å²) in [7, 11) is -4.11. The Kier molecular flexibility index (Phi) is 4.58. The molecule has 0 spiro atoms. The number of rotatable bonds is 4. The Morgan fingerprint density at radius 3 is 2.68 bits per heavy atom. The molecular weight excluding hydrogens is 416 g/mol. The molecule has 1 aliphatic heterocycles. The SMILES string of the molecule is NC(=O)c1[nH]c2ccc(Br)cc2c1S(=O)(=O)N1CCOC(C(N)=O)C1. The molecule has 2 heterocycles. The van der Waals surface area contributed by atoms with Crippen molar-refractivity contribution in [1.29, 1.82) is 0 Å². The van der Waals surface area contributed by atoms with Gasteiger partial charge in [-0.15, -0.1) is 0 Å². The molecule has 1 aromatic carbocycles. The normalized spacial score (nSPS) is 19.2. The van der Waals surface area contributed by atoms with E-state index in [-0.39, 0.29) is 30.3 Å². The average Bonchev–Trinajstić information content (AvgIpc) is 2.94. The summed E-state index contributed by atoms with van der Waals surface area (Å²) in [5.74, 6) is -1.65. The summed E-state index contributed by atoms with van der Waals surface area (Å²) in [5.41, 5.74) is 10.8. The second kappa shape index (κ2) is 6.41. The summed E-state index contributed by atoms with van der Waals surface area (Å²) in [6, 6.07) is 4.92. The van der Waals surface area contributed by atoms with E-state index in [1.54, 1.807) is 18.2 Å². The molecule has 0 bridgehead atoms. The number of aromatic nitrogens is 1. The Morgan fingerprint density at radius 2 is 2.04 bits per heavy atom. The highest BCUT2D eigenvalue weighted by Crippen LogP contribution is 2.32. The largest absolute Gasteiger partial charge is 0.367 e. The van der Waals surface area contributed by atoms with Gasteiger partial charge in [-0.05, 0) is 18.2 Å². The van der Waals surface area contributed by atoms with Crippen molar-refractivity contribution in [3.8, 4) is 0 Å². The first-order valence-corrected chi connectivity index (χ1v) is 9.47. The van der Waals surface area contributed by atoms with Gasteiger partial charge in [0.2, 0.25) is 15.9 Å². The van der Waals surface area contributed by atoms with Crippen LogP contribution in [-0.4, -0.2) is 55.3 Å². The van der Waals surface area contributed by atoms with Crippen molar-refractivity contribution in [1.82, 2.24) is 9.29 Å². The van der Waals surface area contributed by atoms with Gasteiger partial charge in [0.15, 0.2) is 0 Å². The molecule has 9 nitrogen and oxygen atoms in total. The summed E-state index contributed by atoms with van der Waals surface area (Å²) in [6.07, 6.45) is -1.04. The Balaban J connectivity index is 2.16. The van der Waals surface area contributed by atoms with E-state index in [4.69, 9.17) is 16.2 Å². The Labute approximate surface area is 151 Å². The molecule has 25 heavy (non-hydrogen) atoms. The minimum Gasteiger partial charge on any atom is -0.367 e. The van der Waals surface area contributed by atoms with Crippen LogP contribution in [0.5, 0.6) is 0 Å². The average molecular weight is 431 g/mol. The molecule has 1 atom stereocenters. The zero-order valence-electron chi connectivity index (χ0n) is 12.9. The molecule has 1 unspecified atom stereocenters. The number of nitrogens with zero attached hydrogens (tertiary/aromatic N) is 1. The van der Waals surface area contributed by atoms with Gasteiger partial charge in [0, 0.05) is 28.5 Å². The van der Waals surface area contributed by atoms with Gasteiger partial charge in [0.05, 0.1) is 6.61 Å². The van der Waals surface area contributed by atoms with Crippen molar-refractivity contribution in [3.63, 3.8) is 0 Å². The Hall–Kier alpha value is -1.95. The summed E-state index contributed by atoms with van der Waals surface area (Å²) in [4.78, 5) is 25.6. The fourth-order valence-electron chi connectivity index (χ4n) is 2.73. The quantitative estimate of drug-likeness (QED) is 0.619. The highest BCUT2D eigenvalue weighted by molar-refractivity contribution is 9.10. The van der Waals surface area contributed by atoms with Gasteiger partial charge >= 0.3 is 0 Å². The molecule has 0 saturated carbocycles. The van der Waals surface area contributed by atoms with Crippen molar-refractivity contribution in [2.75, 3.05) is 19.7 Å². The molecule has 1 saturated heterocycles. The third-order valence-electron chi connectivity index (χ3n) is 3.90. The van der Waals surface area contributed by atoms with Crippen LogP contribution >= 0.6 is 15.9 Å². The Morgan fingerprint density at radius 1 is 1.32 bits per heavy atom. The molecule has 2 amide bonds. The van der Waals surface area contributed by atoms with E-state index in [9.17, 15) is 18.0 Å². The summed E-state index contributed by atoms with van der Waals surface area (Å²) in [5, 5.41) is 0.324. The molecule has 11 heteroatoms. The maximum absolute atomic E-state index is 13.1. The van der Waals surface area contributed by atoms with Crippen molar-refractivity contribution in [2.45, 2.75) is 11.0 Å². The first kappa shape index (κ1) is 17.9. The van der Waals surface area contributed by atoms with Gasteiger partial charge in [0.25, 0.3) is 5.91 Å². The van der Waals surface area contributed by atoms with Gasteiger partial charge in [-0.2, -0.15) is 4.31 Å². The predicted molar refractivity (Wildman–Crippen MR) is 92.2 cm³/mol. The Bertz CT molecular complexity index is 971. The van der Waals surface area contributed by atoms with Crippen LogP contribution in [0.25, 0.3) is 10.9 Å². The van der Waals surface area contributed by atoms with Crippen molar-refractivity contribution < 1.29 is 22.7 Å². The van der Waals surface area contributed by atoms with Crippen molar-refractivity contribution in [2.24, 2.45) is 11.5 Å². The zero-order chi connectivity index (χ0) is 18.4. The number of carbonyl (C=O) groups is 2. The summed E-state index contributed by atoms with van der Waals surface area (Å²) < 4.78 is 33.2. The van der Waals surface area contributed by atoms with Gasteiger partial charge in [0.1, 0.15) is 16.7 Å². The lowest BCUT2D eigenvalue weighted by atomic mass is 10.2. The van der Waals surface area contributed by atoms with Crippen LogP contribution in [0, 0.1) is 0 Å². The van der Waals surface area contributed by atoms with E-state index in [0.717, 1.165) is 4.31 Å². The van der Waals surface area contributed by atoms with Gasteiger partial charge < -0.3 is 21.2 Å². The molecule has 2 aromatic rings. The number of hydrogen-bond acceptors (Lipinski definition) is 5. The fourth-order valence-corrected chi connectivity index (χ4v) is 4.85. The van der Waals surface area contributed by atoms with Crippen molar-refractivity contribution >= 4 is 48.7 Å². The molecule has 134 valence electrons. The first-order valence-electron chi connectivity index (χ1n) is 7.24. The van der Waals surface area contributed by atoms with Gasteiger partial charge in [-0.3, -0.25) is 9.59 Å². The number of amides is 2. The number of morpholine rings is 1. The number of ether oxygens (including phenoxy) is 1. The lowest BCUT2D eigenvalue weighted by Crippen LogP contribution is -2.50. The van der Waals surface area contributed by atoms with Crippen LogP contribution < -0.4 is 11.5 Å². The monoisotopic (exact) mass is 430 g/mol. The number of aromatic amines is 1. The van der Waals surface area contributed by atoms with Crippen LogP contribution in [0.15, 0.2) is 27.6 Å². The number of benzene rings is 1. The van der Waals surface area contributed by atoms with E-state index in [1.165, 1.54) is 0 Å². The maximum Gasteiger partial charge on any atom is 0.266 e. The maximum atomic E-state index is 13.1. The minimum atomic E-state index is -4.11. The second-order valence-corrected chi connectivity index (χ2v) is 8.30. The third kappa shape index (κ3) is 3.15. The van der Waals surface area contributed by atoms with E-state index in [2.05, 4.69) is 20.9 Å². The molecule has 0 aliphatic carbocycles. The highest BCUT2D eigenvalue weighted by Gasteiger charge is 2.37. The summed E-state index contributed by atoms with van der Waals surface area (Å²) >= 11 is 3.28. The predicted octanol–water partition coefficient (Wildman–Crippen LogP) is -0.0959. The molecular formula is C14H15BrN4O5S. The van der Waals surface area contributed by atoms with E-state index in [0.29, 0.717) is 15.4 Å². The summed E-state index contributed by atoms with van der Waals surface area (Å²) in [6.45, 7) is -0.174. The number of nitrogens with two attached hydrogens (primary N) is 2. The fraction of sp³-hybridized carbons (Fsp3) is 0.286. The van der Waals surface area contributed by atoms with E-state index in [1.807, 2.05) is 0 Å².